The highest BCUT2D eigenvalue weighted by Gasteiger charge is 2.20. The van der Waals surface area contributed by atoms with Crippen LogP contribution in [0.3, 0.4) is 0 Å². The Hall–Kier alpha value is -2.24. The van der Waals surface area contributed by atoms with Crippen molar-refractivity contribution in [2.75, 3.05) is 42.9 Å². The molecule has 0 atom stereocenters. The summed E-state index contributed by atoms with van der Waals surface area (Å²) in [5, 5.41) is 12.9. The number of hydrogen-bond donors (Lipinski definition) is 2. The van der Waals surface area contributed by atoms with Crippen molar-refractivity contribution in [3.8, 4) is 5.75 Å². The second-order valence-electron chi connectivity index (χ2n) is 6.77. The van der Waals surface area contributed by atoms with Crippen molar-refractivity contribution >= 4 is 28.9 Å². The third kappa shape index (κ3) is 4.48. The van der Waals surface area contributed by atoms with Crippen LogP contribution in [0.5, 0.6) is 5.75 Å². The van der Waals surface area contributed by atoms with E-state index in [1.165, 1.54) is 0 Å². The predicted molar refractivity (Wildman–Crippen MR) is 106 cm³/mol. The van der Waals surface area contributed by atoms with Crippen LogP contribution in [0.4, 0.5) is 11.4 Å². The van der Waals surface area contributed by atoms with Gasteiger partial charge in [-0.3, -0.25) is 9.69 Å². The summed E-state index contributed by atoms with van der Waals surface area (Å²) in [5.41, 5.74) is 3.84. The van der Waals surface area contributed by atoms with Crippen molar-refractivity contribution in [3.63, 3.8) is 0 Å². The van der Waals surface area contributed by atoms with E-state index in [0.717, 1.165) is 43.0 Å². The third-order valence-electron chi connectivity index (χ3n) is 4.65. The summed E-state index contributed by atoms with van der Waals surface area (Å²) in [4.78, 5) is 16.8. The summed E-state index contributed by atoms with van der Waals surface area (Å²) in [7, 11) is 0. The highest BCUT2D eigenvalue weighted by atomic mass is 35.5. The fourth-order valence-corrected chi connectivity index (χ4v) is 3.65. The SMILES string of the molecule is Cc1cc(C)c(NC(=O)CN2CCN(c3ccc(O)cc3)CC2)c(Cl)c1. The number of anilines is 2. The van der Waals surface area contributed by atoms with E-state index in [9.17, 15) is 9.90 Å². The fraction of sp³-hybridized carbons (Fsp3) is 0.350. The molecule has 138 valence electrons. The van der Waals surface area contributed by atoms with Crippen molar-refractivity contribution < 1.29 is 9.90 Å². The molecule has 26 heavy (non-hydrogen) atoms. The summed E-state index contributed by atoms with van der Waals surface area (Å²) in [5.74, 6) is 0.228. The molecule has 1 fully saturated rings. The Balaban J connectivity index is 1.53. The number of halogens is 1. The molecular formula is C20H24ClN3O2. The average molecular weight is 374 g/mol. The molecule has 1 amide bonds. The third-order valence-corrected chi connectivity index (χ3v) is 4.95. The molecular weight excluding hydrogens is 350 g/mol. The molecule has 0 aromatic heterocycles. The molecule has 2 aromatic rings. The number of hydrogen-bond acceptors (Lipinski definition) is 4. The van der Waals surface area contributed by atoms with Crippen LogP contribution >= 0.6 is 11.6 Å². The first-order valence-corrected chi connectivity index (χ1v) is 9.13. The lowest BCUT2D eigenvalue weighted by Gasteiger charge is -2.35. The van der Waals surface area contributed by atoms with Crippen LogP contribution in [0.2, 0.25) is 5.02 Å². The fourth-order valence-electron chi connectivity index (χ4n) is 3.28. The minimum absolute atomic E-state index is 0.0445. The number of phenolic OH excluding ortho intramolecular Hbond substituents is 1. The van der Waals surface area contributed by atoms with E-state index in [2.05, 4.69) is 15.1 Å². The van der Waals surface area contributed by atoms with Gasteiger partial charge in [-0.15, -0.1) is 0 Å². The van der Waals surface area contributed by atoms with E-state index in [-0.39, 0.29) is 11.7 Å². The molecule has 1 aliphatic rings. The number of nitrogens with one attached hydrogen (secondary N) is 1. The van der Waals surface area contributed by atoms with Gasteiger partial charge in [-0.1, -0.05) is 17.7 Å². The molecule has 1 heterocycles. The van der Waals surface area contributed by atoms with Crippen molar-refractivity contribution in [2.45, 2.75) is 13.8 Å². The van der Waals surface area contributed by atoms with Crippen molar-refractivity contribution in [3.05, 3.63) is 52.5 Å². The van der Waals surface area contributed by atoms with Crippen LogP contribution < -0.4 is 10.2 Å². The van der Waals surface area contributed by atoms with Gasteiger partial charge < -0.3 is 15.3 Å². The van der Waals surface area contributed by atoms with Gasteiger partial charge in [0.05, 0.1) is 17.3 Å². The van der Waals surface area contributed by atoms with Gasteiger partial charge in [-0.2, -0.15) is 0 Å². The Morgan fingerprint density at radius 3 is 2.38 bits per heavy atom. The first kappa shape index (κ1) is 18.5. The van der Waals surface area contributed by atoms with Gasteiger partial charge in [0.15, 0.2) is 0 Å². The summed E-state index contributed by atoms with van der Waals surface area (Å²) in [6.07, 6.45) is 0. The number of piperazine rings is 1. The Morgan fingerprint density at radius 2 is 1.77 bits per heavy atom. The molecule has 3 rings (SSSR count). The summed E-state index contributed by atoms with van der Waals surface area (Å²) in [6.45, 7) is 7.62. The van der Waals surface area contributed by atoms with Gasteiger partial charge in [-0.05, 0) is 55.3 Å². The Kier molecular flexibility index (Phi) is 5.69. The number of carbonyl (C=O) groups excluding carboxylic acids is 1. The maximum atomic E-state index is 12.4. The van der Waals surface area contributed by atoms with Crippen molar-refractivity contribution in [2.24, 2.45) is 0 Å². The first-order valence-electron chi connectivity index (χ1n) is 8.75. The molecule has 1 aliphatic heterocycles. The standard InChI is InChI=1S/C20H24ClN3O2/c1-14-11-15(2)20(18(21)12-14)22-19(26)13-23-7-9-24(10-8-23)16-3-5-17(25)6-4-16/h3-6,11-12,25H,7-10,13H2,1-2H3,(H,22,26). The molecule has 6 heteroatoms. The maximum absolute atomic E-state index is 12.4. The molecule has 2 aromatic carbocycles. The van der Waals surface area contributed by atoms with E-state index in [1.54, 1.807) is 12.1 Å². The van der Waals surface area contributed by atoms with Crippen LogP contribution in [0.25, 0.3) is 0 Å². The molecule has 5 nitrogen and oxygen atoms in total. The lowest BCUT2D eigenvalue weighted by Crippen LogP contribution is -2.48. The van der Waals surface area contributed by atoms with E-state index in [1.807, 2.05) is 38.1 Å². The molecule has 0 unspecified atom stereocenters. The quantitative estimate of drug-likeness (QED) is 0.862. The van der Waals surface area contributed by atoms with Gasteiger partial charge in [0.25, 0.3) is 0 Å². The van der Waals surface area contributed by atoms with E-state index in [4.69, 9.17) is 11.6 Å². The Bertz CT molecular complexity index is 761. The van der Waals surface area contributed by atoms with E-state index < -0.39 is 0 Å². The highest BCUT2D eigenvalue weighted by Crippen LogP contribution is 2.27. The Labute approximate surface area is 159 Å². The van der Waals surface area contributed by atoms with Crippen molar-refractivity contribution in [1.29, 1.82) is 0 Å². The van der Waals surface area contributed by atoms with Crippen LogP contribution in [-0.4, -0.2) is 48.6 Å². The molecule has 0 saturated carbocycles. The number of phenols is 1. The number of carbonyl (C=O) groups is 1. The van der Waals surface area contributed by atoms with Gasteiger partial charge in [0, 0.05) is 31.9 Å². The zero-order valence-corrected chi connectivity index (χ0v) is 15.9. The van der Waals surface area contributed by atoms with Gasteiger partial charge >= 0.3 is 0 Å². The number of aryl methyl sites for hydroxylation is 2. The smallest absolute Gasteiger partial charge is 0.238 e. The second kappa shape index (κ2) is 7.98. The first-order chi connectivity index (χ1) is 12.4. The normalized spacial score (nSPS) is 15.1. The molecule has 0 bridgehead atoms. The second-order valence-corrected chi connectivity index (χ2v) is 7.17. The molecule has 0 radical (unpaired) electrons. The molecule has 2 N–H and O–H groups in total. The number of amides is 1. The largest absolute Gasteiger partial charge is 0.508 e. The summed E-state index contributed by atoms with van der Waals surface area (Å²) < 4.78 is 0. The van der Waals surface area contributed by atoms with Crippen molar-refractivity contribution in [1.82, 2.24) is 4.90 Å². The number of nitrogens with zero attached hydrogens (tertiary/aromatic N) is 2. The number of rotatable bonds is 4. The van der Waals surface area contributed by atoms with Crippen LogP contribution in [0, 0.1) is 13.8 Å². The van der Waals surface area contributed by atoms with Crippen LogP contribution in [0.1, 0.15) is 11.1 Å². The van der Waals surface area contributed by atoms with Gasteiger partial charge in [0.2, 0.25) is 5.91 Å². The number of aromatic hydroxyl groups is 1. The Morgan fingerprint density at radius 1 is 1.12 bits per heavy atom. The zero-order chi connectivity index (χ0) is 18.7. The van der Waals surface area contributed by atoms with Gasteiger partial charge in [-0.25, -0.2) is 0 Å². The lowest BCUT2D eigenvalue weighted by atomic mass is 10.1. The van der Waals surface area contributed by atoms with E-state index >= 15 is 0 Å². The molecule has 1 saturated heterocycles. The zero-order valence-electron chi connectivity index (χ0n) is 15.1. The summed E-state index contributed by atoms with van der Waals surface area (Å²) in [6, 6.07) is 11.1. The van der Waals surface area contributed by atoms with Crippen LogP contribution in [-0.2, 0) is 4.79 Å². The van der Waals surface area contributed by atoms with Gasteiger partial charge in [0.1, 0.15) is 5.75 Å². The maximum Gasteiger partial charge on any atom is 0.238 e. The average Bonchev–Trinajstić information content (AvgIpc) is 2.59. The molecule has 0 spiro atoms. The minimum atomic E-state index is -0.0445. The lowest BCUT2D eigenvalue weighted by molar-refractivity contribution is -0.117. The predicted octanol–water partition coefficient (Wildman–Crippen LogP) is 3.42. The summed E-state index contributed by atoms with van der Waals surface area (Å²) >= 11 is 6.27. The van der Waals surface area contributed by atoms with Crippen LogP contribution in [0.15, 0.2) is 36.4 Å². The minimum Gasteiger partial charge on any atom is -0.508 e. The topological polar surface area (TPSA) is 55.8 Å². The molecule has 0 aliphatic carbocycles. The monoisotopic (exact) mass is 373 g/mol. The number of benzene rings is 2. The van der Waals surface area contributed by atoms with E-state index in [0.29, 0.717) is 17.3 Å². The highest BCUT2D eigenvalue weighted by molar-refractivity contribution is 6.34.